The van der Waals surface area contributed by atoms with Crippen LogP contribution < -0.4 is 4.90 Å². The predicted molar refractivity (Wildman–Crippen MR) is 127 cm³/mol. The van der Waals surface area contributed by atoms with Crippen molar-refractivity contribution in [3.63, 3.8) is 0 Å². The zero-order valence-corrected chi connectivity index (χ0v) is 19.3. The van der Waals surface area contributed by atoms with E-state index >= 15 is 0 Å². The van der Waals surface area contributed by atoms with Gasteiger partial charge in [-0.3, -0.25) is 9.59 Å². The molecule has 1 fully saturated rings. The number of aromatic nitrogens is 3. The number of hydrogen-bond acceptors (Lipinski definition) is 5. The van der Waals surface area contributed by atoms with E-state index in [9.17, 15) is 27.2 Å². The highest BCUT2D eigenvalue weighted by atomic mass is 19.4. The SMILES string of the molecule is O=C(c1c[nH]c(-c2nc3c(F)cc(N4CCN(C(=O)CO)CC4)cc3[nH]2)c1)c1ccccc1C(F)(F)F. The number of alkyl halides is 3. The van der Waals surface area contributed by atoms with Gasteiger partial charge in [0.1, 0.15) is 12.1 Å². The van der Waals surface area contributed by atoms with Gasteiger partial charge in [-0.1, -0.05) is 18.2 Å². The standard InChI is InChI=1S/C25H21F4N5O3/c26-18-10-15(33-5-7-34(8-6-33)21(36)13-35)11-19-22(18)32-24(31-19)20-9-14(12-30-20)23(37)16-3-1-2-4-17(16)25(27,28)29/h1-4,9-12,30,35H,5-8,13H2,(H,31,32). The highest BCUT2D eigenvalue weighted by Gasteiger charge is 2.35. The molecule has 1 saturated heterocycles. The van der Waals surface area contributed by atoms with Crippen LogP contribution in [0.3, 0.4) is 0 Å². The predicted octanol–water partition coefficient (Wildman–Crippen LogP) is 3.59. The zero-order chi connectivity index (χ0) is 26.3. The van der Waals surface area contributed by atoms with Gasteiger partial charge in [-0.05, 0) is 24.3 Å². The average Bonchev–Trinajstić information content (AvgIpc) is 3.55. The number of imidazole rings is 1. The van der Waals surface area contributed by atoms with Crippen LogP contribution in [0.5, 0.6) is 0 Å². The number of aliphatic hydroxyl groups excluding tert-OH is 1. The van der Waals surface area contributed by atoms with E-state index in [0.717, 1.165) is 12.1 Å². The van der Waals surface area contributed by atoms with E-state index in [2.05, 4.69) is 15.0 Å². The minimum atomic E-state index is -4.68. The first-order valence-corrected chi connectivity index (χ1v) is 11.4. The van der Waals surface area contributed by atoms with Gasteiger partial charge in [-0.25, -0.2) is 9.37 Å². The van der Waals surface area contributed by atoms with Crippen LogP contribution in [-0.4, -0.2) is 69.4 Å². The van der Waals surface area contributed by atoms with E-state index in [4.69, 9.17) is 5.11 Å². The monoisotopic (exact) mass is 515 g/mol. The number of carbonyl (C=O) groups is 2. The maximum atomic E-state index is 14.9. The summed E-state index contributed by atoms with van der Waals surface area (Å²) < 4.78 is 55.0. The van der Waals surface area contributed by atoms with Gasteiger partial charge in [0, 0.05) is 49.2 Å². The molecule has 0 bridgehead atoms. The van der Waals surface area contributed by atoms with Crippen molar-refractivity contribution in [3.05, 3.63) is 71.2 Å². The molecule has 0 radical (unpaired) electrons. The van der Waals surface area contributed by atoms with E-state index in [1.165, 1.54) is 35.4 Å². The second-order valence-corrected chi connectivity index (χ2v) is 8.61. The summed E-state index contributed by atoms with van der Waals surface area (Å²) in [6.45, 7) is 1.14. The summed E-state index contributed by atoms with van der Waals surface area (Å²) in [5, 5.41) is 9.02. The molecule has 5 rings (SSSR count). The highest BCUT2D eigenvalue weighted by molar-refractivity contribution is 6.10. The lowest BCUT2D eigenvalue weighted by molar-refractivity contribution is -0.138. The molecular formula is C25H21F4N5O3. The van der Waals surface area contributed by atoms with Crippen molar-refractivity contribution in [2.45, 2.75) is 6.18 Å². The van der Waals surface area contributed by atoms with Crippen LogP contribution in [0.1, 0.15) is 21.5 Å². The minimum Gasteiger partial charge on any atom is -0.387 e. The number of benzene rings is 2. The van der Waals surface area contributed by atoms with Crippen molar-refractivity contribution in [1.82, 2.24) is 19.9 Å². The van der Waals surface area contributed by atoms with E-state index in [-0.39, 0.29) is 22.8 Å². The quantitative estimate of drug-likeness (QED) is 0.278. The van der Waals surface area contributed by atoms with Gasteiger partial charge >= 0.3 is 6.18 Å². The van der Waals surface area contributed by atoms with E-state index in [1.807, 2.05) is 4.90 Å². The summed E-state index contributed by atoms with van der Waals surface area (Å²) in [6.07, 6.45) is -3.40. The van der Waals surface area contributed by atoms with Crippen LogP contribution in [0.15, 0.2) is 48.7 Å². The molecular weight excluding hydrogens is 494 g/mol. The number of H-pyrrole nitrogens is 2. The normalized spacial score (nSPS) is 14.4. The maximum absolute atomic E-state index is 14.9. The summed E-state index contributed by atoms with van der Waals surface area (Å²) in [4.78, 5) is 38.0. The summed E-state index contributed by atoms with van der Waals surface area (Å²) in [5.74, 6) is -1.53. The van der Waals surface area contributed by atoms with Crippen molar-refractivity contribution >= 4 is 28.4 Å². The van der Waals surface area contributed by atoms with Crippen molar-refractivity contribution < 1.29 is 32.3 Å². The van der Waals surface area contributed by atoms with E-state index < -0.39 is 35.5 Å². The average molecular weight is 515 g/mol. The Bertz CT molecular complexity index is 1490. The number of aliphatic hydroxyl groups is 1. The summed E-state index contributed by atoms with van der Waals surface area (Å²) >= 11 is 0. The Kier molecular flexibility index (Phi) is 6.20. The van der Waals surface area contributed by atoms with Crippen LogP contribution >= 0.6 is 0 Å². The van der Waals surface area contributed by atoms with Gasteiger partial charge in [-0.2, -0.15) is 13.2 Å². The Morgan fingerprint density at radius 1 is 1.05 bits per heavy atom. The molecule has 1 aliphatic rings. The third-order valence-corrected chi connectivity index (χ3v) is 6.34. The lowest BCUT2D eigenvalue weighted by Gasteiger charge is -2.35. The first-order chi connectivity index (χ1) is 17.7. The Labute approximate surface area is 207 Å². The zero-order valence-electron chi connectivity index (χ0n) is 19.3. The topological polar surface area (TPSA) is 105 Å². The maximum Gasteiger partial charge on any atom is 0.417 e. The molecule has 3 heterocycles. The minimum absolute atomic E-state index is 0.00335. The molecule has 0 unspecified atom stereocenters. The Morgan fingerprint density at radius 3 is 2.49 bits per heavy atom. The summed E-state index contributed by atoms with van der Waals surface area (Å²) in [6, 6.07) is 8.97. The van der Waals surface area contributed by atoms with Crippen LogP contribution in [0, 0.1) is 5.82 Å². The number of anilines is 1. The fraction of sp³-hybridized carbons (Fsp3) is 0.240. The van der Waals surface area contributed by atoms with Crippen molar-refractivity contribution in [2.75, 3.05) is 37.7 Å². The fourth-order valence-electron chi connectivity index (χ4n) is 4.43. The van der Waals surface area contributed by atoms with E-state index in [1.54, 1.807) is 6.07 Å². The number of aromatic amines is 2. The van der Waals surface area contributed by atoms with Gasteiger partial charge in [0.15, 0.2) is 17.4 Å². The molecule has 0 aliphatic carbocycles. The third kappa shape index (κ3) is 4.67. The van der Waals surface area contributed by atoms with Gasteiger partial charge in [-0.15, -0.1) is 0 Å². The lowest BCUT2D eigenvalue weighted by atomic mass is 9.99. The first-order valence-electron chi connectivity index (χ1n) is 11.4. The largest absolute Gasteiger partial charge is 0.417 e. The van der Waals surface area contributed by atoms with Crippen LogP contribution in [0.2, 0.25) is 0 Å². The Balaban J connectivity index is 1.40. The number of halogens is 4. The second-order valence-electron chi connectivity index (χ2n) is 8.61. The number of nitrogens with zero attached hydrogens (tertiary/aromatic N) is 3. The second kappa shape index (κ2) is 9.36. The Hall–Kier alpha value is -4.19. The smallest absolute Gasteiger partial charge is 0.387 e. The molecule has 2 aromatic carbocycles. The van der Waals surface area contributed by atoms with Gasteiger partial charge in [0.25, 0.3) is 0 Å². The number of amides is 1. The molecule has 37 heavy (non-hydrogen) atoms. The molecule has 0 saturated carbocycles. The molecule has 12 heteroatoms. The molecule has 4 aromatic rings. The summed E-state index contributed by atoms with van der Waals surface area (Å²) in [5.41, 5.74) is -0.141. The summed E-state index contributed by atoms with van der Waals surface area (Å²) in [7, 11) is 0. The van der Waals surface area contributed by atoms with Crippen molar-refractivity contribution in [2.24, 2.45) is 0 Å². The van der Waals surface area contributed by atoms with Crippen LogP contribution in [0.25, 0.3) is 22.6 Å². The number of ketones is 1. The first kappa shape index (κ1) is 24.5. The molecule has 8 nitrogen and oxygen atoms in total. The van der Waals surface area contributed by atoms with Gasteiger partial charge in [0.2, 0.25) is 5.91 Å². The fourth-order valence-corrected chi connectivity index (χ4v) is 4.43. The Morgan fingerprint density at radius 2 is 1.78 bits per heavy atom. The van der Waals surface area contributed by atoms with Gasteiger partial charge < -0.3 is 24.9 Å². The number of fused-ring (bicyclic) bond motifs is 1. The molecule has 192 valence electrons. The number of piperazine rings is 1. The molecule has 2 aromatic heterocycles. The lowest BCUT2D eigenvalue weighted by Crippen LogP contribution is -2.49. The highest BCUT2D eigenvalue weighted by Crippen LogP contribution is 2.33. The number of rotatable bonds is 5. The molecule has 0 atom stereocenters. The molecule has 1 amide bonds. The van der Waals surface area contributed by atoms with E-state index in [0.29, 0.717) is 43.1 Å². The molecule has 1 aliphatic heterocycles. The number of hydrogen-bond donors (Lipinski definition) is 3. The van der Waals surface area contributed by atoms with Crippen molar-refractivity contribution in [3.8, 4) is 11.5 Å². The molecule has 3 N–H and O–H groups in total. The number of nitrogens with one attached hydrogen (secondary N) is 2. The third-order valence-electron chi connectivity index (χ3n) is 6.34. The van der Waals surface area contributed by atoms with Crippen LogP contribution in [-0.2, 0) is 11.0 Å². The molecule has 0 spiro atoms. The van der Waals surface area contributed by atoms with Crippen molar-refractivity contribution in [1.29, 1.82) is 0 Å². The van der Waals surface area contributed by atoms with Gasteiger partial charge in [0.05, 0.1) is 16.8 Å². The van der Waals surface area contributed by atoms with Crippen LogP contribution in [0.4, 0.5) is 23.2 Å². The number of carbonyl (C=O) groups excluding carboxylic acids is 2.